The van der Waals surface area contributed by atoms with E-state index in [1.54, 1.807) is 0 Å². The van der Waals surface area contributed by atoms with Gasteiger partial charge in [-0.15, -0.1) is 0 Å². The van der Waals surface area contributed by atoms with E-state index >= 15 is 0 Å². The van der Waals surface area contributed by atoms with Crippen LogP contribution >= 0.6 is 0 Å². The van der Waals surface area contributed by atoms with Gasteiger partial charge in [0.15, 0.2) is 18.4 Å². The van der Waals surface area contributed by atoms with Crippen LogP contribution in [0.5, 0.6) is 0 Å². The maximum absolute atomic E-state index is 11.9. The Hall–Kier alpha value is -0.640. The summed E-state index contributed by atoms with van der Waals surface area (Å²) in [6, 6.07) is 0. The lowest BCUT2D eigenvalue weighted by atomic mass is 9.43. The summed E-state index contributed by atoms with van der Waals surface area (Å²) in [5.41, 5.74) is -0.361. The van der Waals surface area contributed by atoms with Crippen molar-refractivity contribution in [1.29, 1.82) is 0 Å². The minimum Gasteiger partial charge on any atom is -0.396 e. The third-order valence-corrected chi connectivity index (χ3v) is 16.3. The Morgan fingerprint density at radius 3 is 2.02 bits per heavy atom. The van der Waals surface area contributed by atoms with Crippen LogP contribution in [0.1, 0.15) is 72.1 Å². The van der Waals surface area contributed by atoms with Crippen LogP contribution in [0.2, 0.25) is 0 Å². The maximum atomic E-state index is 11.9. The highest BCUT2D eigenvalue weighted by Crippen LogP contribution is 2.71. The van der Waals surface area contributed by atoms with Crippen LogP contribution in [-0.2, 0) is 28.4 Å². The first-order valence-electron chi connectivity index (χ1n) is 20.6. The minimum absolute atomic E-state index is 0.0245. The molecule has 4 aliphatic carbocycles. The Morgan fingerprint density at radius 2 is 1.35 bits per heavy atom. The van der Waals surface area contributed by atoms with Crippen LogP contribution in [0.15, 0.2) is 0 Å². The predicted octanol–water partition coefficient (Wildman–Crippen LogP) is -1.64. The summed E-state index contributed by atoms with van der Waals surface area (Å²) in [5.74, 6) is 0.780. The summed E-state index contributed by atoms with van der Waals surface area (Å²) in [6.45, 7) is 6.12. The Bertz CT molecular complexity index is 1350. The highest BCUT2D eigenvalue weighted by atomic mass is 16.7. The van der Waals surface area contributed by atoms with Crippen LogP contribution < -0.4 is 0 Å². The lowest BCUT2D eigenvalue weighted by Crippen LogP contribution is -2.65. The van der Waals surface area contributed by atoms with E-state index in [9.17, 15) is 51.1 Å². The van der Waals surface area contributed by atoms with Crippen LogP contribution in [0.25, 0.3) is 0 Å². The third kappa shape index (κ3) is 6.48. The number of fused-ring (bicyclic) bond motifs is 7. The second-order valence-electron chi connectivity index (χ2n) is 18.9. The average Bonchev–Trinajstić information content (AvgIpc) is 3.61. The fraction of sp³-hybridized carbons (Fsp3) is 1.00. The van der Waals surface area contributed by atoms with Crippen molar-refractivity contribution in [3.8, 4) is 0 Å². The van der Waals surface area contributed by atoms with E-state index in [1.807, 2.05) is 0 Å². The number of rotatable bonds is 7. The minimum atomic E-state index is -1.78. The Balaban J connectivity index is 0.926. The van der Waals surface area contributed by atoms with E-state index in [2.05, 4.69) is 20.8 Å². The highest BCUT2D eigenvalue weighted by molar-refractivity contribution is 5.17. The molecule has 24 atom stereocenters. The molecule has 4 saturated carbocycles. The van der Waals surface area contributed by atoms with Gasteiger partial charge in [0.1, 0.15) is 48.8 Å². The first-order valence-corrected chi connectivity index (χ1v) is 20.6. The van der Waals surface area contributed by atoms with Gasteiger partial charge in [-0.05, 0) is 85.4 Å². The van der Waals surface area contributed by atoms with Crippen molar-refractivity contribution in [2.24, 2.45) is 52.3 Å². The molecule has 0 aromatic carbocycles. The second-order valence-corrected chi connectivity index (χ2v) is 18.9. The smallest absolute Gasteiger partial charge is 0.187 e. The molecule has 55 heavy (non-hydrogen) atoms. The Kier molecular flexibility index (Phi) is 11.3. The van der Waals surface area contributed by atoms with Crippen LogP contribution in [-0.4, -0.2) is 169 Å². The summed E-state index contributed by atoms with van der Waals surface area (Å²) in [7, 11) is 0. The molecular weight excluding hydrogens is 724 g/mol. The highest BCUT2D eigenvalue weighted by Gasteiger charge is 2.70. The molecule has 4 saturated heterocycles. The Labute approximate surface area is 321 Å². The fourth-order valence-corrected chi connectivity index (χ4v) is 13.4. The van der Waals surface area contributed by atoms with Crippen LogP contribution in [0.4, 0.5) is 0 Å². The molecule has 1 spiro atoms. The van der Waals surface area contributed by atoms with Gasteiger partial charge < -0.3 is 79.5 Å². The summed E-state index contributed by atoms with van der Waals surface area (Å²) in [5, 5.41) is 106. The standard InChI is InChI=1S/C39H64O16/c1-16-28-25(55-39(16)7-4-17(12-40)15-50-39)9-20-18-8-22(43)21-10-24(23(44)11-38(21,3)19(18)5-6-37(20,28)2)51-35-33(49)31(47)34(27(14-42)53-35)54-36-32(48)30(46)29(45)26(13-41)52-36/h16-36,40-49H,4-15H2,1-3H3. The van der Waals surface area contributed by atoms with E-state index in [0.29, 0.717) is 37.7 Å². The first-order chi connectivity index (χ1) is 26.1. The molecule has 8 fully saturated rings. The van der Waals surface area contributed by atoms with Gasteiger partial charge in [0.2, 0.25) is 0 Å². The zero-order chi connectivity index (χ0) is 39.4. The number of hydrogen-bond donors (Lipinski definition) is 10. The molecule has 0 aromatic heterocycles. The summed E-state index contributed by atoms with van der Waals surface area (Å²) >= 11 is 0. The van der Waals surface area contributed by atoms with Crippen molar-refractivity contribution in [2.75, 3.05) is 26.4 Å². The molecule has 10 N–H and O–H groups in total. The van der Waals surface area contributed by atoms with Gasteiger partial charge in [-0.3, -0.25) is 0 Å². The van der Waals surface area contributed by atoms with E-state index in [1.165, 1.54) is 0 Å². The van der Waals surface area contributed by atoms with E-state index in [0.717, 1.165) is 32.1 Å². The normalized spacial score (nSPS) is 59.2. The predicted molar refractivity (Wildman–Crippen MR) is 187 cm³/mol. The number of ether oxygens (including phenoxy) is 6. The number of aliphatic hydroxyl groups excluding tert-OH is 10. The second kappa shape index (κ2) is 15.1. The van der Waals surface area contributed by atoms with E-state index in [4.69, 9.17) is 28.4 Å². The lowest BCUT2D eigenvalue weighted by Gasteiger charge is -2.63. The topological polar surface area (TPSA) is 258 Å². The van der Waals surface area contributed by atoms with Gasteiger partial charge in [0.05, 0.1) is 44.2 Å². The molecular formula is C39H64O16. The van der Waals surface area contributed by atoms with Gasteiger partial charge in [0.25, 0.3) is 0 Å². The molecule has 8 aliphatic rings. The molecule has 24 unspecified atom stereocenters. The number of aliphatic hydroxyl groups is 10. The average molecular weight is 789 g/mol. The van der Waals surface area contributed by atoms with Crippen molar-refractivity contribution < 1.29 is 79.5 Å². The molecule has 4 aliphatic heterocycles. The van der Waals surface area contributed by atoms with Crippen molar-refractivity contribution in [1.82, 2.24) is 0 Å². The van der Waals surface area contributed by atoms with Gasteiger partial charge in [-0.25, -0.2) is 0 Å². The third-order valence-electron chi connectivity index (χ3n) is 16.3. The van der Waals surface area contributed by atoms with Crippen LogP contribution in [0, 0.1) is 52.3 Å². The zero-order valence-corrected chi connectivity index (χ0v) is 32.0. The van der Waals surface area contributed by atoms with Crippen molar-refractivity contribution >= 4 is 0 Å². The molecule has 0 bridgehead atoms. The van der Waals surface area contributed by atoms with Gasteiger partial charge in [-0.1, -0.05) is 20.8 Å². The fourth-order valence-electron chi connectivity index (χ4n) is 13.4. The van der Waals surface area contributed by atoms with Crippen molar-refractivity contribution in [2.45, 2.75) is 164 Å². The largest absolute Gasteiger partial charge is 0.396 e. The van der Waals surface area contributed by atoms with Crippen LogP contribution in [0.3, 0.4) is 0 Å². The molecule has 4 heterocycles. The molecule has 0 aromatic rings. The SMILES string of the molecule is CC1C2C(CC3C4CC(O)C5CC(OC6OC(CO)C(OC7OC(CO)C(O)C(O)C7O)C(O)C6O)C(O)CC5(C)C4CCC32C)OC12CCC(CO)CO2. The van der Waals surface area contributed by atoms with E-state index in [-0.39, 0.29) is 53.1 Å². The number of hydrogen-bond acceptors (Lipinski definition) is 16. The molecule has 16 heteroatoms. The maximum Gasteiger partial charge on any atom is 0.187 e. The summed E-state index contributed by atoms with van der Waals surface area (Å²) in [6.07, 6.45) is -12.3. The summed E-state index contributed by atoms with van der Waals surface area (Å²) < 4.78 is 36.4. The van der Waals surface area contributed by atoms with Gasteiger partial charge >= 0.3 is 0 Å². The zero-order valence-electron chi connectivity index (χ0n) is 32.0. The van der Waals surface area contributed by atoms with E-state index < -0.39 is 98.7 Å². The van der Waals surface area contributed by atoms with Crippen molar-refractivity contribution in [3.63, 3.8) is 0 Å². The molecule has 0 radical (unpaired) electrons. The Morgan fingerprint density at radius 1 is 0.655 bits per heavy atom. The molecule has 316 valence electrons. The lowest BCUT2D eigenvalue weighted by molar-refractivity contribution is -0.367. The van der Waals surface area contributed by atoms with Gasteiger partial charge in [0, 0.05) is 24.9 Å². The molecule has 0 amide bonds. The molecule has 16 nitrogen and oxygen atoms in total. The summed E-state index contributed by atoms with van der Waals surface area (Å²) in [4.78, 5) is 0. The first kappa shape index (κ1) is 41.1. The quantitative estimate of drug-likeness (QED) is 0.130. The van der Waals surface area contributed by atoms with Crippen molar-refractivity contribution in [3.05, 3.63) is 0 Å². The monoisotopic (exact) mass is 788 g/mol. The molecule has 8 rings (SSSR count). The van der Waals surface area contributed by atoms with Gasteiger partial charge in [-0.2, -0.15) is 0 Å².